The van der Waals surface area contributed by atoms with E-state index in [0.717, 1.165) is 0 Å². The summed E-state index contributed by atoms with van der Waals surface area (Å²) in [7, 11) is 1.47. The minimum atomic E-state index is -0.368. The van der Waals surface area contributed by atoms with Crippen molar-refractivity contribution < 1.29 is 14.3 Å². The van der Waals surface area contributed by atoms with E-state index < -0.39 is 0 Å². The number of methoxy groups -OCH3 is 1. The van der Waals surface area contributed by atoms with E-state index in [2.05, 4.69) is 4.98 Å². The minimum absolute atomic E-state index is 0.0512. The van der Waals surface area contributed by atoms with Crippen molar-refractivity contribution in [2.24, 2.45) is 0 Å². The van der Waals surface area contributed by atoms with Crippen LogP contribution < -0.4 is 4.74 Å². The lowest BCUT2D eigenvalue weighted by molar-refractivity contribution is -0.142. The maximum atomic E-state index is 11.3. The maximum Gasteiger partial charge on any atom is 0.310 e. The molecule has 0 saturated carbocycles. The molecule has 0 saturated heterocycles. The van der Waals surface area contributed by atoms with E-state index in [1.807, 2.05) is 6.07 Å². The smallest absolute Gasteiger partial charge is 0.310 e. The summed E-state index contributed by atoms with van der Waals surface area (Å²) in [5, 5.41) is 8.84. The number of hydrogen-bond donors (Lipinski definition) is 0. The van der Waals surface area contributed by atoms with Crippen LogP contribution in [0.25, 0.3) is 0 Å². The highest BCUT2D eigenvalue weighted by atomic mass is 16.5. The van der Waals surface area contributed by atoms with Crippen LogP contribution in [0, 0.1) is 11.3 Å². The molecule has 1 aromatic heterocycles. The molecular weight excluding hydrogens is 208 g/mol. The fourth-order valence-corrected chi connectivity index (χ4v) is 1.20. The van der Waals surface area contributed by atoms with Crippen molar-refractivity contribution in [3.8, 4) is 11.9 Å². The molecule has 1 heterocycles. The Labute approximate surface area is 93.6 Å². The second-order valence-electron chi connectivity index (χ2n) is 2.98. The Morgan fingerprint density at radius 2 is 2.38 bits per heavy atom. The molecule has 5 heteroatoms. The van der Waals surface area contributed by atoms with Gasteiger partial charge in [-0.15, -0.1) is 0 Å². The molecule has 84 valence electrons. The molecule has 16 heavy (non-hydrogen) atoms. The summed E-state index contributed by atoms with van der Waals surface area (Å²) in [6.45, 7) is 2.05. The van der Waals surface area contributed by atoms with Crippen LogP contribution in [-0.2, 0) is 16.0 Å². The molecule has 5 nitrogen and oxygen atoms in total. The Morgan fingerprint density at radius 1 is 1.62 bits per heavy atom. The van der Waals surface area contributed by atoms with Crippen LogP contribution in [0.5, 0.6) is 5.88 Å². The summed E-state index contributed by atoms with van der Waals surface area (Å²) >= 11 is 0. The molecule has 0 aliphatic carbocycles. The van der Waals surface area contributed by atoms with Gasteiger partial charge >= 0.3 is 5.97 Å². The van der Waals surface area contributed by atoms with E-state index in [1.165, 1.54) is 13.3 Å². The van der Waals surface area contributed by atoms with Gasteiger partial charge in [0, 0.05) is 12.3 Å². The van der Waals surface area contributed by atoms with Crippen molar-refractivity contribution >= 4 is 5.97 Å². The van der Waals surface area contributed by atoms with Crippen LogP contribution in [-0.4, -0.2) is 24.7 Å². The third-order valence-corrected chi connectivity index (χ3v) is 1.93. The Morgan fingerprint density at radius 3 is 2.94 bits per heavy atom. The van der Waals surface area contributed by atoms with Gasteiger partial charge in [0.05, 0.1) is 25.7 Å². The number of aromatic nitrogens is 1. The minimum Gasteiger partial charge on any atom is -0.481 e. The standard InChI is InChI=1S/C11H12N2O3/c1-3-16-11(14)5-8-4-10(15-2)13-7-9(8)6-12/h4,7H,3,5H2,1-2H3. The number of carbonyl (C=O) groups is 1. The first kappa shape index (κ1) is 12.0. The normalized spacial score (nSPS) is 9.31. The molecule has 0 radical (unpaired) electrons. The third-order valence-electron chi connectivity index (χ3n) is 1.93. The molecule has 1 rings (SSSR count). The summed E-state index contributed by atoms with van der Waals surface area (Å²) in [6.07, 6.45) is 1.43. The number of ether oxygens (including phenoxy) is 2. The van der Waals surface area contributed by atoms with Crippen molar-refractivity contribution in [2.45, 2.75) is 13.3 Å². The number of pyridine rings is 1. The fourth-order valence-electron chi connectivity index (χ4n) is 1.20. The van der Waals surface area contributed by atoms with Gasteiger partial charge in [-0.3, -0.25) is 4.79 Å². The number of rotatable bonds is 4. The van der Waals surface area contributed by atoms with Gasteiger partial charge in [0.25, 0.3) is 0 Å². The molecular formula is C11H12N2O3. The van der Waals surface area contributed by atoms with Crippen molar-refractivity contribution in [1.82, 2.24) is 4.98 Å². The average Bonchev–Trinajstić information content (AvgIpc) is 2.29. The molecule has 1 aromatic rings. The Hall–Kier alpha value is -2.09. The van der Waals surface area contributed by atoms with E-state index in [0.29, 0.717) is 23.6 Å². The van der Waals surface area contributed by atoms with Gasteiger partial charge in [-0.05, 0) is 12.5 Å². The van der Waals surface area contributed by atoms with Crippen LogP contribution in [0.1, 0.15) is 18.1 Å². The first-order valence-electron chi connectivity index (χ1n) is 4.79. The highest BCUT2D eigenvalue weighted by Gasteiger charge is 2.10. The summed E-state index contributed by atoms with van der Waals surface area (Å²) in [5.41, 5.74) is 0.918. The number of nitriles is 1. The van der Waals surface area contributed by atoms with Crippen LogP contribution in [0.4, 0.5) is 0 Å². The number of carbonyl (C=O) groups excluding carboxylic acids is 1. The topological polar surface area (TPSA) is 72.2 Å². The molecule has 0 unspecified atom stereocenters. The zero-order valence-corrected chi connectivity index (χ0v) is 9.19. The zero-order valence-electron chi connectivity index (χ0n) is 9.19. The molecule has 0 aliphatic heterocycles. The number of hydrogen-bond acceptors (Lipinski definition) is 5. The molecule has 0 aliphatic rings. The van der Waals surface area contributed by atoms with Crippen LogP contribution in [0.15, 0.2) is 12.3 Å². The van der Waals surface area contributed by atoms with Gasteiger partial charge in [0.2, 0.25) is 5.88 Å². The molecule has 0 atom stereocenters. The van der Waals surface area contributed by atoms with E-state index in [-0.39, 0.29) is 12.4 Å². The Bertz CT molecular complexity index is 424. The second-order valence-corrected chi connectivity index (χ2v) is 2.98. The summed E-state index contributed by atoms with van der Waals surface area (Å²) < 4.78 is 9.73. The molecule has 0 fully saturated rings. The zero-order chi connectivity index (χ0) is 12.0. The highest BCUT2D eigenvalue weighted by molar-refractivity contribution is 5.73. The average molecular weight is 220 g/mol. The van der Waals surface area contributed by atoms with Gasteiger partial charge < -0.3 is 9.47 Å². The lowest BCUT2D eigenvalue weighted by Gasteiger charge is -2.05. The summed E-state index contributed by atoms with van der Waals surface area (Å²) in [4.78, 5) is 15.2. The van der Waals surface area contributed by atoms with Crippen LogP contribution in [0.3, 0.4) is 0 Å². The van der Waals surface area contributed by atoms with Crippen molar-refractivity contribution in [1.29, 1.82) is 5.26 Å². The van der Waals surface area contributed by atoms with Gasteiger partial charge in [-0.1, -0.05) is 0 Å². The van der Waals surface area contributed by atoms with Crippen molar-refractivity contribution in [3.05, 3.63) is 23.4 Å². The largest absolute Gasteiger partial charge is 0.481 e. The van der Waals surface area contributed by atoms with Gasteiger partial charge in [0.15, 0.2) is 0 Å². The highest BCUT2D eigenvalue weighted by Crippen LogP contribution is 2.14. The molecule has 0 spiro atoms. The summed E-state index contributed by atoms with van der Waals surface area (Å²) in [5.74, 6) is 0.00514. The predicted molar refractivity (Wildman–Crippen MR) is 55.8 cm³/mol. The van der Waals surface area contributed by atoms with Gasteiger partial charge in [-0.25, -0.2) is 4.98 Å². The summed E-state index contributed by atoms with van der Waals surface area (Å²) in [6, 6.07) is 3.53. The van der Waals surface area contributed by atoms with E-state index in [4.69, 9.17) is 14.7 Å². The Balaban J connectivity index is 2.92. The van der Waals surface area contributed by atoms with Crippen LogP contribution >= 0.6 is 0 Å². The monoisotopic (exact) mass is 220 g/mol. The lowest BCUT2D eigenvalue weighted by atomic mass is 10.1. The maximum absolute atomic E-state index is 11.3. The molecule has 0 aromatic carbocycles. The lowest BCUT2D eigenvalue weighted by Crippen LogP contribution is -2.09. The van der Waals surface area contributed by atoms with Crippen molar-refractivity contribution in [2.75, 3.05) is 13.7 Å². The van der Waals surface area contributed by atoms with Crippen LogP contribution in [0.2, 0.25) is 0 Å². The molecule has 0 amide bonds. The van der Waals surface area contributed by atoms with Gasteiger partial charge in [-0.2, -0.15) is 5.26 Å². The van der Waals surface area contributed by atoms with E-state index in [9.17, 15) is 4.79 Å². The first-order valence-corrected chi connectivity index (χ1v) is 4.79. The van der Waals surface area contributed by atoms with E-state index >= 15 is 0 Å². The fraction of sp³-hybridized carbons (Fsp3) is 0.364. The van der Waals surface area contributed by atoms with Crippen molar-refractivity contribution in [3.63, 3.8) is 0 Å². The molecule has 0 N–H and O–H groups in total. The predicted octanol–water partition coefficient (Wildman–Crippen LogP) is 1.07. The SMILES string of the molecule is CCOC(=O)Cc1cc(OC)ncc1C#N. The first-order chi connectivity index (χ1) is 7.71. The van der Waals surface area contributed by atoms with E-state index in [1.54, 1.807) is 13.0 Å². The quantitative estimate of drug-likeness (QED) is 0.709. The number of nitrogens with zero attached hydrogens (tertiary/aromatic N) is 2. The van der Waals surface area contributed by atoms with Gasteiger partial charge in [0.1, 0.15) is 6.07 Å². The molecule has 0 bridgehead atoms. The third kappa shape index (κ3) is 2.95. The number of esters is 1. The second kappa shape index (κ2) is 5.71. The Kier molecular flexibility index (Phi) is 4.28.